The predicted octanol–water partition coefficient (Wildman–Crippen LogP) is 4.44. The van der Waals surface area contributed by atoms with Crippen LogP contribution in [0.25, 0.3) is 0 Å². The zero-order valence-electron chi connectivity index (χ0n) is 12.2. The number of halogens is 7. The molecule has 0 aromatic heterocycles. The maximum atomic E-state index is 13.2. The van der Waals surface area contributed by atoms with Crippen molar-refractivity contribution in [2.45, 2.75) is 15.5 Å². The second kappa shape index (κ2) is 6.83. The Hall–Kier alpha value is -1.22. The Labute approximate surface area is 159 Å². The van der Waals surface area contributed by atoms with Gasteiger partial charge in [0, 0.05) is 7.05 Å². The summed E-state index contributed by atoms with van der Waals surface area (Å²) < 4.78 is 37.4. The second-order valence-electron chi connectivity index (χ2n) is 4.83. The Morgan fingerprint density at radius 1 is 1.12 bits per heavy atom. The summed E-state index contributed by atoms with van der Waals surface area (Å²) in [7, 11) is 1.14. The predicted molar refractivity (Wildman–Crippen MR) is 89.5 cm³/mol. The molecule has 1 unspecified atom stereocenters. The zero-order chi connectivity index (χ0) is 19.2. The van der Waals surface area contributed by atoms with E-state index >= 15 is 0 Å². The molecule has 0 spiro atoms. The van der Waals surface area contributed by atoms with Gasteiger partial charge in [0.1, 0.15) is 0 Å². The lowest BCUT2D eigenvalue weighted by Crippen LogP contribution is -2.33. The van der Waals surface area contributed by atoms with E-state index in [0.29, 0.717) is 4.90 Å². The van der Waals surface area contributed by atoms with E-state index in [1.807, 2.05) is 0 Å². The maximum Gasteiger partial charge on any atom is 0.418 e. The van der Waals surface area contributed by atoms with E-state index in [2.05, 4.69) is 4.99 Å². The van der Waals surface area contributed by atoms with Crippen molar-refractivity contribution in [1.29, 1.82) is 0 Å². The highest BCUT2D eigenvalue weighted by Crippen LogP contribution is 2.39. The first-order valence-electron chi connectivity index (χ1n) is 6.42. The number of nitrogens with zero attached hydrogens (tertiary/aromatic N) is 3. The largest absolute Gasteiger partial charge is 0.418 e. The van der Waals surface area contributed by atoms with Gasteiger partial charge in [-0.2, -0.15) is 13.2 Å². The first kappa shape index (κ1) is 20.1. The van der Waals surface area contributed by atoms with Crippen LogP contribution in [0, 0.1) is 0 Å². The Morgan fingerprint density at radius 3 is 2.20 bits per heavy atom. The molecule has 136 valence electrons. The van der Waals surface area contributed by atoms with Crippen LogP contribution in [0.2, 0.25) is 0 Å². The molecule has 0 N–H and O–H groups in total. The number of amidine groups is 1. The number of hydrogen-bond donors (Lipinski definition) is 0. The lowest BCUT2D eigenvalue weighted by atomic mass is 10.1. The van der Waals surface area contributed by atoms with Crippen LogP contribution in [0.3, 0.4) is 0 Å². The highest BCUT2D eigenvalue weighted by atomic mass is 35.6. The van der Waals surface area contributed by atoms with E-state index in [1.165, 1.54) is 6.07 Å². The van der Waals surface area contributed by atoms with Crippen LogP contribution < -0.4 is 4.90 Å². The summed E-state index contributed by atoms with van der Waals surface area (Å²) in [6.07, 6.45) is -4.78. The molecule has 2 rings (SSSR count). The first-order valence-corrected chi connectivity index (χ1v) is 7.99. The van der Waals surface area contributed by atoms with Crippen LogP contribution in [-0.2, 0) is 11.0 Å². The van der Waals surface area contributed by atoms with E-state index in [0.717, 1.165) is 30.1 Å². The molecule has 25 heavy (non-hydrogen) atoms. The fraction of sp³-hybridized carbons (Fsp3) is 0.308. The molecule has 0 saturated carbocycles. The van der Waals surface area contributed by atoms with Crippen molar-refractivity contribution in [1.82, 2.24) is 4.90 Å². The molecule has 1 atom stereocenters. The zero-order valence-corrected chi connectivity index (χ0v) is 15.2. The number of imide groups is 1. The van der Waals surface area contributed by atoms with E-state index in [-0.39, 0.29) is 0 Å². The lowest BCUT2D eigenvalue weighted by molar-refractivity contribution is -0.137. The average molecular weight is 437 g/mol. The minimum atomic E-state index is -4.78. The molecular formula is C13H8Cl4F3N3O2. The van der Waals surface area contributed by atoms with Gasteiger partial charge in [-0.3, -0.25) is 9.69 Å². The van der Waals surface area contributed by atoms with Gasteiger partial charge in [0.25, 0.3) is 0 Å². The van der Waals surface area contributed by atoms with Crippen molar-refractivity contribution in [2.24, 2.45) is 4.99 Å². The highest BCUT2D eigenvalue weighted by molar-refractivity contribution is 6.70. The number of para-hydroxylation sites is 1. The van der Waals surface area contributed by atoms with Crippen LogP contribution in [0.1, 0.15) is 5.56 Å². The summed E-state index contributed by atoms with van der Waals surface area (Å²) in [5.74, 6) is -1.67. The lowest BCUT2D eigenvalue weighted by Gasteiger charge is -2.18. The van der Waals surface area contributed by atoms with Gasteiger partial charge in [0.15, 0.2) is 5.50 Å². The van der Waals surface area contributed by atoms with Gasteiger partial charge in [0.2, 0.25) is 9.63 Å². The summed E-state index contributed by atoms with van der Waals surface area (Å²) in [6.45, 7) is 0. The Bertz CT molecular complexity index is 749. The van der Waals surface area contributed by atoms with Gasteiger partial charge in [-0.15, -0.1) is 0 Å². The third kappa shape index (κ3) is 3.97. The number of carbonyl (C=O) groups is 2. The van der Waals surface area contributed by atoms with Gasteiger partial charge in [-0.05, 0) is 12.1 Å². The third-order valence-electron chi connectivity index (χ3n) is 3.15. The number of anilines is 1. The average Bonchev–Trinajstić information content (AvgIpc) is 2.69. The van der Waals surface area contributed by atoms with Crippen LogP contribution >= 0.6 is 46.4 Å². The standard InChI is InChI=1S/C13H8Cl4F3N3O2/c1-22-8(21-10(14)12(15,16)17)9(24)23(11(22)25)7-5-3-2-4-6(7)13(18,19)20/h2-5,10H,1H3. The maximum absolute atomic E-state index is 13.2. The van der Waals surface area contributed by atoms with Crippen LogP contribution in [0.5, 0.6) is 0 Å². The quantitative estimate of drug-likeness (QED) is 0.391. The molecule has 1 fully saturated rings. The molecule has 0 bridgehead atoms. The second-order valence-corrected chi connectivity index (χ2v) is 7.61. The molecule has 3 amide bonds. The van der Waals surface area contributed by atoms with E-state index < -0.39 is 44.5 Å². The van der Waals surface area contributed by atoms with E-state index in [1.54, 1.807) is 0 Å². The van der Waals surface area contributed by atoms with Gasteiger partial charge in [-0.25, -0.2) is 14.7 Å². The number of likely N-dealkylation sites (N-methyl/N-ethyl adjacent to an activating group) is 1. The van der Waals surface area contributed by atoms with Crippen LogP contribution in [0.15, 0.2) is 29.3 Å². The van der Waals surface area contributed by atoms with Crippen molar-refractivity contribution in [3.8, 4) is 0 Å². The minimum Gasteiger partial charge on any atom is -0.276 e. The molecule has 12 heteroatoms. The van der Waals surface area contributed by atoms with Gasteiger partial charge in [-0.1, -0.05) is 58.5 Å². The van der Waals surface area contributed by atoms with E-state index in [4.69, 9.17) is 46.4 Å². The molecule has 5 nitrogen and oxygen atoms in total. The number of aliphatic imine (C=N–C) groups is 1. The van der Waals surface area contributed by atoms with Crippen molar-refractivity contribution >= 4 is 69.9 Å². The summed E-state index contributed by atoms with van der Waals surface area (Å²) in [5.41, 5.74) is -3.33. The molecule has 1 aliphatic heterocycles. The Balaban J connectivity index is 2.52. The molecule has 1 heterocycles. The van der Waals surface area contributed by atoms with Gasteiger partial charge in [0.05, 0.1) is 11.3 Å². The molecule has 1 saturated heterocycles. The van der Waals surface area contributed by atoms with Gasteiger partial charge < -0.3 is 0 Å². The summed E-state index contributed by atoms with van der Waals surface area (Å²) >= 11 is 22.4. The Kier molecular flexibility index (Phi) is 5.49. The number of alkyl halides is 7. The van der Waals surface area contributed by atoms with Crippen molar-refractivity contribution in [2.75, 3.05) is 11.9 Å². The molecule has 1 aromatic carbocycles. The SMILES string of the molecule is CN1C(=O)N(c2ccccc2C(F)(F)F)C(=O)C1=NC(Cl)C(Cl)(Cl)Cl. The molecule has 0 aliphatic carbocycles. The molecular weight excluding hydrogens is 429 g/mol. The number of hydrogen-bond acceptors (Lipinski definition) is 3. The smallest absolute Gasteiger partial charge is 0.276 e. The fourth-order valence-electron chi connectivity index (χ4n) is 2.01. The summed E-state index contributed by atoms with van der Waals surface area (Å²) in [5, 5.41) is 0. The van der Waals surface area contributed by atoms with Crippen LogP contribution in [-0.4, -0.2) is 39.0 Å². The van der Waals surface area contributed by atoms with Crippen molar-refractivity contribution in [3.63, 3.8) is 0 Å². The monoisotopic (exact) mass is 435 g/mol. The Morgan fingerprint density at radius 2 is 1.68 bits per heavy atom. The molecule has 1 aromatic rings. The highest BCUT2D eigenvalue weighted by Gasteiger charge is 2.46. The van der Waals surface area contributed by atoms with Crippen molar-refractivity contribution in [3.05, 3.63) is 29.8 Å². The number of carbonyl (C=O) groups excluding carboxylic acids is 2. The normalized spacial score (nSPS) is 19.1. The number of urea groups is 1. The third-order valence-corrected chi connectivity index (χ3v) is 4.53. The molecule has 0 radical (unpaired) electrons. The topological polar surface area (TPSA) is 53.0 Å². The fourth-order valence-corrected chi connectivity index (χ4v) is 2.25. The van der Waals surface area contributed by atoms with Gasteiger partial charge >= 0.3 is 18.1 Å². The summed E-state index contributed by atoms with van der Waals surface area (Å²) in [4.78, 5) is 29.4. The number of rotatable bonds is 2. The van der Waals surface area contributed by atoms with Crippen LogP contribution in [0.4, 0.5) is 23.7 Å². The minimum absolute atomic E-state index is 0.337. The number of benzene rings is 1. The van der Waals surface area contributed by atoms with E-state index in [9.17, 15) is 22.8 Å². The molecule has 1 aliphatic rings. The summed E-state index contributed by atoms with van der Waals surface area (Å²) in [6, 6.07) is 3.08. The first-order chi connectivity index (χ1) is 11.4. The van der Waals surface area contributed by atoms with Crippen molar-refractivity contribution < 1.29 is 22.8 Å². The number of amides is 3.